The molecule has 0 aliphatic rings. The van der Waals surface area contributed by atoms with Crippen molar-refractivity contribution in [1.29, 1.82) is 0 Å². The molecule has 158 valence electrons. The van der Waals surface area contributed by atoms with Crippen LogP contribution in [0.2, 0.25) is 0 Å². The van der Waals surface area contributed by atoms with Gasteiger partial charge in [-0.05, 0) is 69.0 Å². The smallest absolute Gasteiger partial charge is 0.251 e. The second-order valence-corrected chi connectivity index (χ2v) is 9.37. The van der Waals surface area contributed by atoms with Crippen molar-refractivity contribution in [2.75, 3.05) is 24.2 Å². The Morgan fingerprint density at radius 3 is 2.52 bits per heavy atom. The molecule has 0 heterocycles. The quantitative estimate of drug-likeness (QED) is 0.632. The minimum Gasteiger partial charge on any atom is -0.491 e. The number of nitrogens with one attached hydrogen (secondary N) is 1. The van der Waals surface area contributed by atoms with Crippen LogP contribution in [0.1, 0.15) is 41.8 Å². The summed E-state index contributed by atoms with van der Waals surface area (Å²) in [4.78, 5) is 12.6. The van der Waals surface area contributed by atoms with Crippen molar-refractivity contribution in [3.8, 4) is 5.75 Å². The molecule has 0 unspecified atom stereocenters. The van der Waals surface area contributed by atoms with E-state index in [0.29, 0.717) is 23.4 Å². The SMILES string of the molecule is Cc1c(C(=O)NCCCc2cccc(OC(C)C)c2)cccc1N(C)S(C)(=O)=O. The van der Waals surface area contributed by atoms with Crippen LogP contribution in [0.5, 0.6) is 5.75 Å². The lowest BCUT2D eigenvalue weighted by Crippen LogP contribution is -2.28. The van der Waals surface area contributed by atoms with Gasteiger partial charge in [-0.1, -0.05) is 18.2 Å². The predicted molar refractivity (Wildman–Crippen MR) is 117 cm³/mol. The van der Waals surface area contributed by atoms with Crippen molar-refractivity contribution in [2.45, 2.75) is 39.7 Å². The van der Waals surface area contributed by atoms with Crippen molar-refractivity contribution in [1.82, 2.24) is 5.32 Å². The van der Waals surface area contributed by atoms with Crippen molar-refractivity contribution in [2.24, 2.45) is 0 Å². The first kappa shape index (κ1) is 22.7. The maximum atomic E-state index is 12.6. The monoisotopic (exact) mass is 418 g/mol. The first-order valence-electron chi connectivity index (χ1n) is 9.67. The van der Waals surface area contributed by atoms with E-state index in [4.69, 9.17) is 4.74 Å². The Bertz CT molecular complexity index is 955. The molecule has 0 bridgehead atoms. The normalized spacial score (nSPS) is 11.4. The highest BCUT2D eigenvalue weighted by Crippen LogP contribution is 2.24. The van der Waals surface area contributed by atoms with Crippen LogP contribution in [0.4, 0.5) is 5.69 Å². The third-order valence-corrected chi connectivity index (χ3v) is 5.78. The fourth-order valence-electron chi connectivity index (χ4n) is 3.03. The second kappa shape index (κ2) is 9.78. The third-order valence-electron chi connectivity index (χ3n) is 4.58. The van der Waals surface area contributed by atoms with E-state index < -0.39 is 10.0 Å². The highest BCUT2D eigenvalue weighted by atomic mass is 32.2. The Labute approximate surface area is 173 Å². The van der Waals surface area contributed by atoms with Gasteiger partial charge in [-0.3, -0.25) is 9.10 Å². The van der Waals surface area contributed by atoms with Crippen LogP contribution in [0.3, 0.4) is 0 Å². The molecule has 0 spiro atoms. The van der Waals surface area contributed by atoms with E-state index in [1.807, 2.05) is 38.1 Å². The van der Waals surface area contributed by atoms with Gasteiger partial charge >= 0.3 is 0 Å². The lowest BCUT2D eigenvalue weighted by atomic mass is 10.1. The van der Waals surface area contributed by atoms with Crippen LogP contribution >= 0.6 is 0 Å². The van der Waals surface area contributed by atoms with Crippen LogP contribution in [0, 0.1) is 6.92 Å². The van der Waals surface area contributed by atoms with E-state index >= 15 is 0 Å². The molecule has 0 saturated heterocycles. The van der Waals surface area contributed by atoms with Crippen molar-refractivity contribution >= 4 is 21.6 Å². The summed E-state index contributed by atoms with van der Waals surface area (Å²) in [7, 11) is -1.91. The lowest BCUT2D eigenvalue weighted by molar-refractivity contribution is 0.0952. The van der Waals surface area contributed by atoms with Crippen LogP contribution in [0.25, 0.3) is 0 Å². The summed E-state index contributed by atoms with van der Waals surface area (Å²) in [6.07, 6.45) is 2.88. The van der Waals surface area contributed by atoms with Crippen LogP contribution in [-0.2, 0) is 16.4 Å². The number of ether oxygens (including phenoxy) is 1. The number of nitrogens with zero attached hydrogens (tertiary/aromatic N) is 1. The molecule has 2 rings (SSSR count). The fraction of sp³-hybridized carbons (Fsp3) is 0.409. The van der Waals surface area contributed by atoms with E-state index in [1.165, 1.54) is 11.4 Å². The van der Waals surface area contributed by atoms with Gasteiger partial charge in [0.2, 0.25) is 10.0 Å². The number of hydrogen-bond acceptors (Lipinski definition) is 4. The molecule has 0 aliphatic carbocycles. The van der Waals surface area contributed by atoms with Crippen molar-refractivity contribution < 1.29 is 17.9 Å². The standard InChI is InChI=1S/C22H30N2O4S/c1-16(2)28-19-11-6-9-18(15-19)10-8-14-23-22(25)20-12-7-13-21(17(20)3)24(4)29(5,26)27/h6-7,9,11-13,15-16H,8,10,14H2,1-5H3,(H,23,25). The van der Waals surface area contributed by atoms with E-state index in [-0.39, 0.29) is 12.0 Å². The Hall–Kier alpha value is -2.54. The maximum absolute atomic E-state index is 12.6. The second-order valence-electron chi connectivity index (χ2n) is 7.35. The molecule has 6 nitrogen and oxygen atoms in total. The molecule has 0 saturated carbocycles. The third kappa shape index (κ3) is 6.49. The summed E-state index contributed by atoms with van der Waals surface area (Å²) in [5.74, 6) is 0.645. The molecule has 0 aliphatic heterocycles. The predicted octanol–water partition coefficient (Wildman–Crippen LogP) is 3.54. The van der Waals surface area contributed by atoms with Gasteiger partial charge in [0, 0.05) is 19.2 Å². The molecule has 7 heteroatoms. The number of amides is 1. The highest BCUT2D eigenvalue weighted by molar-refractivity contribution is 7.92. The molecule has 0 radical (unpaired) electrons. The van der Waals surface area contributed by atoms with Crippen LogP contribution in [0.15, 0.2) is 42.5 Å². The number of aryl methyl sites for hydroxylation is 1. The van der Waals surface area contributed by atoms with Gasteiger partial charge in [0.05, 0.1) is 18.0 Å². The van der Waals surface area contributed by atoms with Gasteiger partial charge in [-0.2, -0.15) is 0 Å². The maximum Gasteiger partial charge on any atom is 0.251 e. The molecule has 0 atom stereocenters. The molecule has 0 aromatic heterocycles. The minimum atomic E-state index is -3.39. The zero-order valence-electron chi connectivity index (χ0n) is 17.7. The summed E-state index contributed by atoms with van der Waals surface area (Å²) in [6.45, 7) is 6.27. The number of carbonyl (C=O) groups excluding carboxylic acids is 1. The summed E-state index contributed by atoms with van der Waals surface area (Å²) in [5, 5.41) is 2.92. The molecule has 1 N–H and O–H groups in total. The van der Waals surface area contributed by atoms with E-state index in [1.54, 1.807) is 25.1 Å². The number of sulfonamides is 1. The summed E-state index contributed by atoms with van der Waals surface area (Å²) in [6, 6.07) is 13.1. The van der Waals surface area contributed by atoms with Crippen LogP contribution < -0.4 is 14.4 Å². The van der Waals surface area contributed by atoms with Gasteiger partial charge in [-0.25, -0.2) is 8.42 Å². The first-order valence-corrected chi connectivity index (χ1v) is 11.5. The molecular weight excluding hydrogens is 388 g/mol. The fourth-order valence-corrected chi connectivity index (χ4v) is 3.58. The van der Waals surface area contributed by atoms with Crippen molar-refractivity contribution in [3.63, 3.8) is 0 Å². The average molecular weight is 419 g/mol. The average Bonchev–Trinajstić information content (AvgIpc) is 2.64. The first-order chi connectivity index (χ1) is 13.6. The van der Waals surface area contributed by atoms with E-state index in [2.05, 4.69) is 5.32 Å². The molecule has 2 aromatic rings. The summed E-state index contributed by atoms with van der Waals surface area (Å²) in [5.41, 5.74) is 2.77. The Kier molecular flexibility index (Phi) is 7.67. The number of rotatable bonds is 9. The van der Waals surface area contributed by atoms with Gasteiger partial charge in [0.15, 0.2) is 0 Å². The largest absolute Gasteiger partial charge is 0.491 e. The van der Waals surface area contributed by atoms with Gasteiger partial charge in [-0.15, -0.1) is 0 Å². The van der Waals surface area contributed by atoms with Gasteiger partial charge in [0.25, 0.3) is 5.91 Å². The number of anilines is 1. The molecular formula is C22H30N2O4S. The minimum absolute atomic E-state index is 0.130. The number of carbonyl (C=O) groups is 1. The van der Waals surface area contributed by atoms with Crippen LogP contribution in [-0.4, -0.2) is 40.3 Å². The molecule has 1 amide bonds. The molecule has 2 aromatic carbocycles. The zero-order chi connectivity index (χ0) is 21.6. The van der Waals surface area contributed by atoms with E-state index in [0.717, 1.165) is 30.4 Å². The summed E-state index contributed by atoms with van der Waals surface area (Å²) >= 11 is 0. The Morgan fingerprint density at radius 1 is 1.17 bits per heavy atom. The topological polar surface area (TPSA) is 75.7 Å². The Balaban J connectivity index is 1.95. The zero-order valence-corrected chi connectivity index (χ0v) is 18.5. The summed E-state index contributed by atoms with van der Waals surface area (Å²) < 4.78 is 30.5. The Morgan fingerprint density at radius 2 is 1.86 bits per heavy atom. The van der Waals surface area contributed by atoms with E-state index in [9.17, 15) is 13.2 Å². The highest BCUT2D eigenvalue weighted by Gasteiger charge is 2.18. The lowest BCUT2D eigenvalue weighted by Gasteiger charge is -2.20. The number of benzene rings is 2. The van der Waals surface area contributed by atoms with Crippen molar-refractivity contribution in [3.05, 3.63) is 59.2 Å². The van der Waals surface area contributed by atoms with Gasteiger partial charge in [0.1, 0.15) is 5.75 Å². The molecule has 0 fully saturated rings. The van der Waals surface area contributed by atoms with Gasteiger partial charge < -0.3 is 10.1 Å². The number of hydrogen-bond donors (Lipinski definition) is 1. The molecule has 29 heavy (non-hydrogen) atoms.